The van der Waals surface area contributed by atoms with E-state index >= 15 is 0 Å². The molecule has 0 bridgehead atoms. The van der Waals surface area contributed by atoms with Crippen LogP contribution in [0.2, 0.25) is 5.02 Å². The van der Waals surface area contributed by atoms with Gasteiger partial charge in [-0.1, -0.05) is 31.2 Å². The molecule has 13 heteroatoms. The molecular weight excluding hydrogens is 619 g/mol. The van der Waals surface area contributed by atoms with Crippen LogP contribution >= 0.6 is 11.6 Å². The molecule has 1 N–H and O–H groups in total. The first kappa shape index (κ1) is 35.4. The van der Waals surface area contributed by atoms with E-state index in [0.717, 1.165) is 6.07 Å². The molecule has 2 aromatic carbocycles. The predicted octanol–water partition coefficient (Wildman–Crippen LogP) is 6.56. The number of sulfone groups is 1. The number of halogens is 4. The van der Waals surface area contributed by atoms with Crippen LogP contribution in [0.25, 0.3) is 6.08 Å². The molecule has 44 heavy (non-hydrogen) atoms. The van der Waals surface area contributed by atoms with Crippen molar-refractivity contribution >= 4 is 39.5 Å². The number of ether oxygens (including phenoxy) is 1. The van der Waals surface area contributed by atoms with Gasteiger partial charge in [-0.15, -0.1) is 0 Å². The Hall–Kier alpha value is -3.09. The van der Waals surface area contributed by atoms with Gasteiger partial charge in [-0.05, 0) is 87.2 Å². The van der Waals surface area contributed by atoms with Gasteiger partial charge in [0.25, 0.3) is 5.91 Å². The number of nitrogens with zero attached hydrogens (tertiary/aromatic N) is 2. The summed E-state index contributed by atoms with van der Waals surface area (Å²) in [6.45, 7) is 11.0. The molecule has 0 unspecified atom stereocenters. The predicted molar refractivity (Wildman–Crippen MR) is 164 cm³/mol. The van der Waals surface area contributed by atoms with Crippen molar-refractivity contribution in [2.45, 2.75) is 76.3 Å². The van der Waals surface area contributed by atoms with Crippen LogP contribution in [0.3, 0.4) is 0 Å². The second-order valence-electron chi connectivity index (χ2n) is 11.8. The Morgan fingerprint density at radius 1 is 1.20 bits per heavy atom. The highest BCUT2D eigenvalue weighted by atomic mass is 35.5. The van der Waals surface area contributed by atoms with E-state index in [1.54, 1.807) is 27.8 Å². The Balaban J connectivity index is 1.87. The number of carbonyl (C=O) groups excluding carboxylic acids is 2. The van der Waals surface area contributed by atoms with Gasteiger partial charge in [0.05, 0.1) is 16.2 Å². The van der Waals surface area contributed by atoms with E-state index in [0.29, 0.717) is 25.9 Å². The lowest BCUT2D eigenvalue weighted by Gasteiger charge is -2.38. The highest BCUT2D eigenvalue weighted by Crippen LogP contribution is 2.36. The highest BCUT2D eigenvalue weighted by Gasteiger charge is 2.37. The Kier molecular flexibility index (Phi) is 11.2. The number of likely N-dealkylation sites (N-methyl/N-ethyl adjacent to an activating group) is 1. The fraction of sp³-hybridized carbons (Fsp3) is 0.484. The SMILES string of the molecule is C=Cc1cc(C(=O)NCc2cc(Cl)ccc2S(=O)(=O)CC)cc(C(F)(F)F)c1CN1CCC[C@H](N(C)C(=O)OC(C)(C)C)C1. The highest BCUT2D eigenvalue weighted by molar-refractivity contribution is 7.91. The van der Waals surface area contributed by atoms with Crippen molar-refractivity contribution in [3.63, 3.8) is 0 Å². The van der Waals surface area contributed by atoms with Crippen LogP contribution in [0.15, 0.2) is 41.8 Å². The summed E-state index contributed by atoms with van der Waals surface area (Å²) in [5.74, 6) is -0.994. The van der Waals surface area contributed by atoms with Crippen LogP contribution in [0.5, 0.6) is 0 Å². The van der Waals surface area contributed by atoms with Gasteiger partial charge in [0.1, 0.15) is 5.60 Å². The topological polar surface area (TPSA) is 96.0 Å². The van der Waals surface area contributed by atoms with E-state index in [-0.39, 0.29) is 57.1 Å². The first-order valence-electron chi connectivity index (χ1n) is 14.2. The lowest BCUT2D eigenvalue weighted by Crippen LogP contribution is -2.49. The molecule has 0 aromatic heterocycles. The van der Waals surface area contributed by atoms with Crippen molar-refractivity contribution in [1.29, 1.82) is 0 Å². The molecule has 0 saturated carbocycles. The number of rotatable bonds is 9. The van der Waals surface area contributed by atoms with Crippen LogP contribution in [0.1, 0.15) is 73.1 Å². The fourth-order valence-electron chi connectivity index (χ4n) is 5.06. The monoisotopic (exact) mass is 657 g/mol. The number of benzene rings is 2. The number of hydrogen-bond acceptors (Lipinski definition) is 6. The molecule has 1 saturated heterocycles. The Morgan fingerprint density at radius 2 is 1.89 bits per heavy atom. The number of nitrogens with one attached hydrogen (secondary N) is 1. The molecule has 2 amide bonds. The summed E-state index contributed by atoms with van der Waals surface area (Å²) in [4.78, 5) is 29.0. The van der Waals surface area contributed by atoms with Gasteiger partial charge in [0.2, 0.25) is 0 Å². The summed E-state index contributed by atoms with van der Waals surface area (Å²) in [6, 6.07) is 6.04. The number of piperidine rings is 1. The van der Waals surface area contributed by atoms with E-state index in [1.807, 2.05) is 4.90 Å². The number of carbonyl (C=O) groups is 2. The number of likely N-dealkylation sites (tertiary alicyclic amines) is 1. The van der Waals surface area contributed by atoms with Gasteiger partial charge in [0, 0.05) is 43.3 Å². The molecule has 1 atom stereocenters. The lowest BCUT2D eigenvalue weighted by molar-refractivity contribution is -0.138. The van der Waals surface area contributed by atoms with E-state index < -0.39 is 39.2 Å². The van der Waals surface area contributed by atoms with Crippen molar-refractivity contribution in [1.82, 2.24) is 15.1 Å². The Labute approximate surface area is 262 Å². The molecule has 8 nitrogen and oxygen atoms in total. The summed E-state index contributed by atoms with van der Waals surface area (Å²) in [5, 5.41) is 2.78. The molecule has 0 spiro atoms. The summed E-state index contributed by atoms with van der Waals surface area (Å²) in [5.41, 5.74) is -1.57. The first-order valence-corrected chi connectivity index (χ1v) is 16.2. The number of amides is 2. The molecule has 1 aliphatic rings. The van der Waals surface area contributed by atoms with Gasteiger partial charge >= 0.3 is 12.3 Å². The van der Waals surface area contributed by atoms with Crippen molar-refractivity contribution in [2.24, 2.45) is 0 Å². The number of alkyl halides is 3. The average molecular weight is 658 g/mol. The summed E-state index contributed by atoms with van der Waals surface area (Å²) >= 11 is 6.04. The van der Waals surface area contributed by atoms with Crippen LogP contribution < -0.4 is 5.32 Å². The van der Waals surface area contributed by atoms with Crippen molar-refractivity contribution < 1.29 is 35.9 Å². The molecular formula is C31H39ClF3N3O5S. The Morgan fingerprint density at radius 3 is 2.48 bits per heavy atom. The zero-order chi connectivity index (χ0) is 33.0. The van der Waals surface area contributed by atoms with Gasteiger partial charge < -0.3 is 15.0 Å². The summed E-state index contributed by atoms with van der Waals surface area (Å²) < 4.78 is 73.7. The number of hydrogen-bond donors (Lipinski definition) is 1. The maximum atomic E-state index is 14.4. The van der Waals surface area contributed by atoms with Crippen LogP contribution in [-0.2, 0) is 33.8 Å². The van der Waals surface area contributed by atoms with Gasteiger partial charge in [-0.2, -0.15) is 13.2 Å². The maximum Gasteiger partial charge on any atom is 0.416 e. The summed E-state index contributed by atoms with van der Waals surface area (Å²) in [7, 11) is -2.02. The third kappa shape index (κ3) is 8.98. The van der Waals surface area contributed by atoms with Crippen molar-refractivity contribution in [3.05, 3.63) is 69.8 Å². The minimum Gasteiger partial charge on any atom is -0.444 e. The Bertz CT molecular complexity index is 1510. The molecule has 0 radical (unpaired) electrons. The zero-order valence-electron chi connectivity index (χ0n) is 25.6. The van der Waals surface area contributed by atoms with E-state index in [9.17, 15) is 31.2 Å². The third-order valence-electron chi connectivity index (χ3n) is 7.34. The fourth-order valence-corrected chi connectivity index (χ4v) is 6.37. The molecule has 1 aliphatic heterocycles. The second-order valence-corrected chi connectivity index (χ2v) is 14.4. The molecule has 1 fully saturated rings. The van der Waals surface area contributed by atoms with Gasteiger partial charge in [-0.25, -0.2) is 13.2 Å². The first-order chi connectivity index (χ1) is 20.4. The normalized spacial score (nSPS) is 16.3. The maximum absolute atomic E-state index is 14.4. The minimum absolute atomic E-state index is 0.0139. The van der Waals surface area contributed by atoms with E-state index in [2.05, 4.69) is 11.9 Å². The van der Waals surface area contributed by atoms with Gasteiger partial charge in [0.15, 0.2) is 9.84 Å². The molecule has 2 aromatic rings. The van der Waals surface area contributed by atoms with Crippen molar-refractivity contribution in [2.75, 3.05) is 25.9 Å². The van der Waals surface area contributed by atoms with E-state index in [1.165, 1.54) is 42.2 Å². The molecule has 3 rings (SSSR count). The average Bonchev–Trinajstić information content (AvgIpc) is 2.94. The van der Waals surface area contributed by atoms with Crippen LogP contribution in [0, 0.1) is 0 Å². The van der Waals surface area contributed by atoms with E-state index in [4.69, 9.17) is 16.3 Å². The van der Waals surface area contributed by atoms with Gasteiger partial charge in [-0.3, -0.25) is 9.69 Å². The summed E-state index contributed by atoms with van der Waals surface area (Å²) in [6.07, 6.45) is -2.65. The second kappa shape index (κ2) is 13.9. The van der Waals surface area contributed by atoms with Crippen molar-refractivity contribution in [3.8, 4) is 0 Å². The van der Waals surface area contributed by atoms with Crippen LogP contribution in [-0.4, -0.2) is 67.8 Å². The quantitative estimate of drug-likeness (QED) is 0.328. The van der Waals surface area contributed by atoms with Crippen LogP contribution in [0.4, 0.5) is 18.0 Å². The smallest absolute Gasteiger partial charge is 0.416 e. The molecule has 1 heterocycles. The minimum atomic E-state index is -4.78. The zero-order valence-corrected chi connectivity index (χ0v) is 27.1. The third-order valence-corrected chi connectivity index (χ3v) is 9.40. The standard InChI is InChI=1S/C31H39ClF3N3O5S/c1-7-20-14-21(28(39)36-17-22-15-23(32)11-12-27(22)44(41,42)8-2)16-26(31(33,34)35)25(20)19-38-13-9-10-24(18-38)37(6)29(40)43-30(3,4)5/h7,11-12,14-16,24H,1,8-10,13,17-19H2,2-6H3,(H,36,39)/t24-/m0/s1. The lowest BCUT2D eigenvalue weighted by atomic mass is 9.94. The largest absolute Gasteiger partial charge is 0.444 e. The molecule has 242 valence electrons. The molecule has 0 aliphatic carbocycles.